The number of likely N-dealkylation sites (N-methyl/N-ethyl adjacent to an activating group) is 1. The van der Waals surface area contributed by atoms with Gasteiger partial charge in [-0.15, -0.1) is 0 Å². The van der Waals surface area contributed by atoms with E-state index in [4.69, 9.17) is 0 Å². The quantitative estimate of drug-likeness (QED) is 0.800. The molecular formula is C12H19BrN2. The van der Waals surface area contributed by atoms with Crippen LogP contribution in [0.5, 0.6) is 0 Å². The van der Waals surface area contributed by atoms with Gasteiger partial charge < -0.3 is 10.2 Å². The molecule has 0 spiro atoms. The van der Waals surface area contributed by atoms with E-state index in [0.29, 0.717) is 0 Å². The maximum absolute atomic E-state index is 3.47. The molecule has 1 N–H and O–H groups in total. The summed E-state index contributed by atoms with van der Waals surface area (Å²) in [6.07, 6.45) is 0. The zero-order valence-corrected chi connectivity index (χ0v) is 11.0. The SMILES string of the molecule is CCN(C)CCNCc1cccc(Br)c1. The summed E-state index contributed by atoms with van der Waals surface area (Å²) in [6, 6.07) is 8.41. The van der Waals surface area contributed by atoms with Gasteiger partial charge in [0.15, 0.2) is 0 Å². The van der Waals surface area contributed by atoms with Gasteiger partial charge in [0.1, 0.15) is 0 Å². The Morgan fingerprint density at radius 2 is 2.20 bits per heavy atom. The van der Waals surface area contributed by atoms with Gasteiger partial charge in [0.25, 0.3) is 0 Å². The Morgan fingerprint density at radius 1 is 1.40 bits per heavy atom. The Labute approximate surface area is 101 Å². The molecule has 15 heavy (non-hydrogen) atoms. The number of halogens is 1. The molecular weight excluding hydrogens is 252 g/mol. The first kappa shape index (κ1) is 12.7. The molecule has 84 valence electrons. The van der Waals surface area contributed by atoms with Gasteiger partial charge in [-0.25, -0.2) is 0 Å². The summed E-state index contributed by atoms with van der Waals surface area (Å²) in [5.41, 5.74) is 1.32. The van der Waals surface area contributed by atoms with Gasteiger partial charge in [-0.1, -0.05) is 35.0 Å². The van der Waals surface area contributed by atoms with E-state index in [1.54, 1.807) is 0 Å². The fourth-order valence-electron chi connectivity index (χ4n) is 1.31. The molecule has 2 nitrogen and oxygen atoms in total. The number of nitrogens with zero attached hydrogens (tertiary/aromatic N) is 1. The molecule has 1 rings (SSSR count). The minimum atomic E-state index is 0.941. The van der Waals surface area contributed by atoms with Crippen molar-refractivity contribution in [3.63, 3.8) is 0 Å². The van der Waals surface area contributed by atoms with Crippen molar-refractivity contribution in [2.45, 2.75) is 13.5 Å². The van der Waals surface area contributed by atoms with Crippen LogP contribution in [0.1, 0.15) is 12.5 Å². The third kappa shape index (κ3) is 5.30. The van der Waals surface area contributed by atoms with Crippen LogP contribution in [-0.2, 0) is 6.54 Å². The lowest BCUT2D eigenvalue weighted by Gasteiger charge is -2.13. The minimum absolute atomic E-state index is 0.941. The van der Waals surface area contributed by atoms with E-state index in [2.05, 4.69) is 58.3 Å². The van der Waals surface area contributed by atoms with Crippen LogP contribution in [0.15, 0.2) is 28.7 Å². The summed E-state index contributed by atoms with van der Waals surface area (Å²) in [7, 11) is 2.14. The lowest BCUT2D eigenvalue weighted by Crippen LogP contribution is -2.28. The van der Waals surface area contributed by atoms with Gasteiger partial charge in [-0.05, 0) is 31.3 Å². The zero-order valence-electron chi connectivity index (χ0n) is 9.46. The van der Waals surface area contributed by atoms with E-state index in [1.807, 2.05) is 6.07 Å². The molecule has 0 heterocycles. The molecule has 3 heteroatoms. The molecule has 0 aromatic heterocycles. The van der Waals surface area contributed by atoms with E-state index >= 15 is 0 Å². The van der Waals surface area contributed by atoms with Crippen LogP contribution in [0.25, 0.3) is 0 Å². The highest BCUT2D eigenvalue weighted by Crippen LogP contribution is 2.10. The van der Waals surface area contributed by atoms with Crippen molar-refractivity contribution in [2.75, 3.05) is 26.7 Å². The first-order valence-corrected chi connectivity index (χ1v) is 6.15. The summed E-state index contributed by atoms with van der Waals surface area (Å²) in [6.45, 7) is 6.37. The maximum atomic E-state index is 3.47. The van der Waals surface area contributed by atoms with E-state index in [0.717, 1.165) is 30.7 Å². The van der Waals surface area contributed by atoms with Crippen molar-refractivity contribution < 1.29 is 0 Å². The number of hydrogen-bond donors (Lipinski definition) is 1. The summed E-state index contributed by atoms with van der Waals surface area (Å²) < 4.78 is 1.15. The van der Waals surface area contributed by atoms with Crippen molar-refractivity contribution in [1.29, 1.82) is 0 Å². The third-order valence-corrected chi connectivity index (χ3v) is 2.92. The molecule has 1 aromatic carbocycles. The number of rotatable bonds is 6. The number of benzene rings is 1. The van der Waals surface area contributed by atoms with Crippen molar-refractivity contribution in [3.05, 3.63) is 34.3 Å². The number of nitrogens with one attached hydrogen (secondary N) is 1. The highest BCUT2D eigenvalue weighted by molar-refractivity contribution is 9.10. The van der Waals surface area contributed by atoms with Crippen LogP contribution in [0.3, 0.4) is 0 Å². The predicted octanol–water partition coefficient (Wildman–Crippen LogP) is 2.49. The largest absolute Gasteiger partial charge is 0.311 e. The molecule has 0 saturated heterocycles. The van der Waals surface area contributed by atoms with Gasteiger partial charge in [0.2, 0.25) is 0 Å². The zero-order chi connectivity index (χ0) is 11.1. The van der Waals surface area contributed by atoms with Gasteiger partial charge in [0.05, 0.1) is 0 Å². The Balaban J connectivity index is 2.20. The van der Waals surface area contributed by atoms with E-state index in [-0.39, 0.29) is 0 Å². The molecule has 0 bridgehead atoms. The fourth-order valence-corrected chi connectivity index (χ4v) is 1.75. The van der Waals surface area contributed by atoms with Gasteiger partial charge in [0, 0.05) is 24.1 Å². The van der Waals surface area contributed by atoms with E-state index in [1.165, 1.54) is 5.56 Å². The lowest BCUT2D eigenvalue weighted by atomic mass is 10.2. The van der Waals surface area contributed by atoms with Crippen LogP contribution >= 0.6 is 15.9 Å². The van der Waals surface area contributed by atoms with Gasteiger partial charge in [-0.3, -0.25) is 0 Å². The van der Waals surface area contributed by atoms with Gasteiger partial charge in [-0.2, -0.15) is 0 Å². The van der Waals surface area contributed by atoms with Crippen LogP contribution < -0.4 is 5.32 Å². The van der Waals surface area contributed by atoms with Crippen LogP contribution in [0.2, 0.25) is 0 Å². The Kier molecular flexibility index (Phi) is 5.91. The summed E-state index contributed by atoms with van der Waals surface area (Å²) >= 11 is 3.47. The Hall–Kier alpha value is -0.380. The summed E-state index contributed by atoms with van der Waals surface area (Å²) in [5, 5.41) is 3.43. The van der Waals surface area contributed by atoms with Crippen molar-refractivity contribution >= 4 is 15.9 Å². The molecule has 0 atom stereocenters. The van der Waals surface area contributed by atoms with Crippen LogP contribution in [-0.4, -0.2) is 31.6 Å². The smallest absolute Gasteiger partial charge is 0.0206 e. The summed E-state index contributed by atoms with van der Waals surface area (Å²) in [5.74, 6) is 0. The second kappa shape index (κ2) is 6.99. The van der Waals surface area contributed by atoms with Crippen LogP contribution in [0.4, 0.5) is 0 Å². The molecule has 1 aromatic rings. The van der Waals surface area contributed by atoms with Crippen LogP contribution in [0, 0.1) is 0 Å². The van der Waals surface area contributed by atoms with E-state index in [9.17, 15) is 0 Å². The van der Waals surface area contributed by atoms with Crippen molar-refractivity contribution in [3.8, 4) is 0 Å². The minimum Gasteiger partial charge on any atom is -0.311 e. The van der Waals surface area contributed by atoms with Gasteiger partial charge >= 0.3 is 0 Å². The Bertz CT molecular complexity index is 289. The first-order chi connectivity index (χ1) is 7.22. The van der Waals surface area contributed by atoms with Crippen molar-refractivity contribution in [2.24, 2.45) is 0 Å². The molecule has 0 aliphatic heterocycles. The monoisotopic (exact) mass is 270 g/mol. The van der Waals surface area contributed by atoms with Crippen molar-refractivity contribution in [1.82, 2.24) is 10.2 Å². The maximum Gasteiger partial charge on any atom is 0.0206 e. The topological polar surface area (TPSA) is 15.3 Å². The normalized spacial score (nSPS) is 10.9. The molecule has 0 amide bonds. The second-order valence-corrected chi connectivity index (χ2v) is 4.62. The average molecular weight is 271 g/mol. The number of hydrogen-bond acceptors (Lipinski definition) is 2. The standard InChI is InChI=1S/C12H19BrN2/c1-3-15(2)8-7-14-10-11-5-4-6-12(13)9-11/h4-6,9,14H,3,7-8,10H2,1-2H3. The highest BCUT2D eigenvalue weighted by Gasteiger charge is 1.95. The fraction of sp³-hybridized carbons (Fsp3) is 0.500. The first-order valence-electron chi connectivity index (χ1n) is 5.36. The Morgan fingerprint density at radius 3 is 2.87 bits per heavy atom. The highest BCUT2D eigenvalue weighted by atomic mass is 79.9. The third-order valence-electron chi connectivity index (χ3n) is 2.43. The van der Waals surface area contributed by atoms with E-state index < -0.39 is 0 Å². The average Bonchev–Trinajstić information content (AvgIpc) is 2.24. The predicted molar refractivity (Wildman–Crippen MR) is 69.0 cm³/mol. The molecule has 0 unspecified atom stereocenters. The molecule has 0 saturated carbocycles. The molecule has 0 radical (unpaired) electrons. The molecule has 0 fully saturated rings. The lowest BCUT2D eigenvalue weighted by molar-refractivity contribution is 0.349. The molecule has 0 aliphatic rings. The summed E-state index contributed by atoms with van der Waals surface area (Å²) in [4.78, 5) is 2.30. The second-order valence-electron chi connectivity index (χ2n) is 3.70. The molecule has 0 aliphatic carbocycles.